The van der Waals surface area contributed by atoms with Crippen LogP contribution in [0.5, 0.6) is 11.6 Å². The molecule has 3 fully saturated rings. The van der Waals surface area contributed by atoms with Crippen molar-refractivity contribution < 1.29 is 33.0 Å². The molecule has 4 N–H and O–H groups in total. The van der Waals surface area contributed by atoms with E-state index in [1.54, 1.807) is 24.6 Å². The summed E-state index contributed by atoms with van der Waals surface area (Å²) in [5.74, 6) is -0.280. The molecule has 3 aliphatic rings. The number of rotatable bonds is 10. The van der Waals surface area contributed by atoms with E-state index < -0.39 is 18.1 Å². The van der Waals surface area contributed by atoms with Gasteiger partial charge in [0.15, 0.2) is 0 Å². The van der Waals surface area contributed by atoms with Crippen LogP contribution in [-0.2, 0) is 0 Å². The molecule has 40 heavy (non-hydrogen) atoms. The Morgan fingerprint density at radius 1 is 1.23 bits per heavy atom. The summed E-state index contributed by atoms with van der Waals surface area (Å²) in [6, 6.07) is 3.66. The number of fused-ring (bicyclic) bond motifs is 1. The number of halogens is 2. The van der Waals surface area contributed by atoms with E-state index in [4.69, 9.17) is 15.2 Å². The molecule has 6 rings (SSSR count). The minimum Gasteiger partial charge on any atom is -0.489 e. The summed E-state index contributed by atoms with van der Waals surface area (Å²) in [4.78, 5) is 24.8. The van der Waals surface area contributed by atoms with Crippen molar-refractivity contribution in [1.29, 1.82) is 0 Å². The quantitative estimate of drug-likeness (QED) is 0.346. The number of aromatic nitrogens is 4. The summed E-state index contributed by atoms with van der Waals surface area (Å²) in [5.41, 5.74) is 6.25. The highest BCUT2D eigenvalue weighted by Gasteiger charge is 2.54. The zero-order valence-corrected chi connectivity index (χ0v) is 22.3. The number of alkyl halides is 2. The fourth-order valence-corrected chi connectivity index (χ4v) is 5.90. The number of amides is 2. The van der Waals surface area contributed by atoms with Crippen LogP contribution in [0.1, 0.15) is 91.2 Å². The summed E-state index contributed by atoms with van der Waals surface area (Å²) in [6.45, 7) is 0.616. The summed E-state index contributed by atoms with van der Waals surface area (Å²) in [6.07, 6.45) is 7.14. The fourth-order valence-electron chi connectivity index (χ4n) is 5.90. The molecule has 11 nitrogen and oxygen atoms in total. The maximum atomic E-state index is 13.2. The van der Waals surface area contributed by atoms with Crippen molar-refractivity contribution in [2.75, 3.05) is 6.61 Å². The summed E-state index contributed by atoms with van der Waals surface area (Å²) in [5, 5.41) is 21.3. The van der Waals surface area contributed by atoms with Crippen molar-refractivity contribution in [3.63, 3.8) is 0 Å². The molecule has 0 atom stereocenters. The van der Waals surface area contributed by atoms with Gasteiger partial charge in [-0.3, -0.25) is 9.59 Å². The van der Waals surface area contributed by atoms with Crippen LogP contribution in [0.25, 0.3) is 5.52 Å². The number of aliphatic hydroxyl groups is 1. The number of primary amides is 1. The molecule has 3 heterocycles. The van der Waals surface area contributed by atoms with Crippen molar-refractivity contribution in [3.05, 3.63) is 41.3 Å². The van der Waals surface area contributed by atoms with Crippen LogP contribution >= 0.6 is 0 Å². The highest BCUT2D eigenvalue weighted by atomic mass is 19.3. The number of nitrogens with zero attached hydrogens (tertiary/aromatic N) is 4. The second-order valence-electron chi connectivity index (χ2n) is 12.0. The van der Waals surface area contributed by atoms with Gasteiger partial charge in [-0.25, -0.2) is 9.20 Å². The van der Waals surface area contributed by atoms with E-state index in [1.165, 1.54) is 0 Å². The maximum Gasteiger partial charge on any atom is 0.333 e. The van der Waals surface area contributed by atoms with Gasteiger partial charge in [0.05, 0.1) is 28.6 Å². The number of ether oxygens (including phenoxy) is 2. The second kappa shape index (κ2) is 9.43. The Bertz CT molecular complexity index is 1460. The minimum atomic E-state index is -2.90. The van der Waals surface area contributed by atoms with E-state index >= 15 is 0 Å². The molecule has 1 spiro atoms. The molecule has 0 bridgehead atoms. The standard InChI is InChI=1S/C27H32F2N6O5/c1-26(2,38)13-39-20-6-5-19-17(11-31-35(19)21(20)14-3-4-14)23(37)32-15-7-27(8-15)9-16(10-27)40-24-18(22(30)36)12-34(33-24)25(28)29/h5-6,11-12,14-16,25,38H,3-4,7-10,13H2,1-2H3,(H2,30,36)(H,32,37)/t15-,16-,27?. The van der Waals surface area contributed by atoms with Crippen LogP contribution in [0.4, 0.5) is 8.78 Å². The van der Waals surface area contributed by atoms with Crippen molar-refractivity contribution in [2.45, 2.75) is 82.6 Å². The first-order valence-electron chi connectivity index (χ1n) is 13.4. The van der Waals surface area contributed by atoms with Crippen LogP contribution in [-0.4, -0.2) is 60.7 Å². The van der Waals surface area contributed by atoms with E-state index in [1.807, 2.05) is 12.1 Å². The topological polar surface area (TPSA) is 146 Å². The molecule has 0 aliphatic heterocycles. The molecule has 3 aromatic heterocycles. The van der Waals surface area contributed by atoms with Crippen LogP contribution in [0.15, 0.2) is 24.5 Å². The molecule has 3 aliphatic carbocycles. The summed E-state index contributed by atoms with van der Waals surface area (Å²) < 4.78 is 39.7. The summed E-state index contributed by atoms with van der Waals surface area (Å²) in [7, 11) is 0. The van der Waals surface area contributed by atoms with Crippen LogP contribution in [0.3, 0.4) is 0 Å². The molecule has 13 heteroatoms. The van der Waals surface area contributed by atoms with Crippen LogP contribution < -0.4 is 20.5 Å². The lowest BCUT2D eigenvalue weighted by Crippen LogP contribution is -2.58. The minimum absolute atomic E-state index is 0.0000766. The molecule has 0 radical (unpaired) electrons. The van der Waals surface area contributed by atoms with Gasteiger partial charge < -0.3 is 25.6 Å². The van der Waals surface area contributed by atoms with Crippen molar-refractivity contribution in [2.24, 2.45) is 11.1 Å². The number of nitrogens with two attached hydrogens (primary N) is 1. The van der Waals surface area contributed by atoms with Crippen LogP contribution in [0.2, 0.25) is 0 Å². The van der Waals surface area contributed by atoms with Gasteiger partial charge in [-0.05, 0) is 69.9 Å². The average Bonchev–Trinajstić information content (AvgIpc) is 3.42. The Balaban J connectivity index is 1.06. The third-order valence-corrected chi connectivity index (χ3v) is 7.93. The van der Waals surface area contributed by atoms with Crippen molar-refractivity contribution >= 4 is 17.3 Å². The Morgan fingerprint density at radius 2 is 1.95 bits per heavy atom. The van der Waals surface area contributed by atoms with E-state index in [-0.39, 0.29) is 41.5 Å². The van der Waals surface area contributed by atoms with Gasteiger partial charge in [-0.1, -0.05) is 0 Å². The number of carbonyl (C=O) groups is 2. The molecule has 3 saturated carbocycles. The van der Waals surface area contributed by atoms with Crippen molar-refractivity contribution in [1.82, 2.24) is 24.7 Å². The van der Waals surface area contributed by atoms with Gasteiger partial charge in [-0.15, -0.1) is 5.10 Å². The number of hydrogen-bond donors (Lipinski definition) is 3. The average molecular weight is 559 g/mol. The number of carbonyl (C=O) groups excluding carboxylic acids is 2. The van der Waals surface area contributed by atoms with E-state index in [0.29, 0.717) is 40.3 Å². The lowest BCUT2D eigenvalue weighted by atomic mass is 9.53. The Kier molecular flexibility index (Phi) is 6.24. The van der Waals surface area contributed by atoms with Gasteiger partial charge in [-0.2, -0.15) is 13.9 Å². The van der Waals surface area contributed by atoms with Gasteiger partial charge in [0.1, 0.15) is 24.0 Å². The number of hydrogen-bond acceptors (Lipinski definition) is 7. The zero-order valence-electron chi connectivity index (χ0n) is 22.3. The maximum absolute atomic E-state index is 13.2. The van der Waals surface area contributed by atoms with Gasteiger partial charge in [0.2, 0.25) is 5.88 Å². The SMILES string of the molecule is CC(C)(O)COc1ccc2c(C(=O)N[C@H]3CC4(C3)C[C@H](Oc3nn(C(F)F)cc3C(N)=O)C4)cnn2c1C1CC1. The first-order valence-corrected chi connectivity index (χ1v) is 13.4. The first-order chi connectivity index (χ1) is 18.9. The molecule has 214 valence electrons. The second-order valence-corrected chi connectivity index (χ2v) is 12.0. The first kappa shape index (κ1) is 26.5. The number of nitrogens with one attached hydrogen (secondary N) is 1. The fraction of sp³-hybridized carbons (Fsp3) is 0.556. The smallest absolute Gasteiger partial charge is 0.333 e. The van der Waals surface area contributed by atoms with Gasteiger partial charge in [0, 0.05) is 18.2 Å². The molecule has 0 unspecified atom stereocenters. The van der Waals surface area contributed by atoms with Gasteiger partial charge >= 0.3 is 6.55 Å². The van der Waals surface area contributed by atoms with Gasteiger partial charge in [0.25, 0.3) is 11.8 Å². The van der Waals surface area contributed by atoms with Crippen LogP contribution in [0, 0.1) is 5.41 Å². The molecular formula is C27H32F2N6O5. The third-order valence-electron chi connectivity index (χ3n) is 7.93. The monoisotopic (exact) mass is 558 g/mol. The largest absolute Gasteiger partial charge is 0.489 e. The lowest BCUT2D eigenvalue weighted by molar-refractivity contribution is -0.0853. The predicted molar refractivity (Wildman–Crippen MR) is 138 cm³/mol. The van der Waals surface area contributed by atoms with Crippen molar-refractivity contribution in [3.8, 4) is 11.6 Å². The lowest BCUT2D eigenvalue weighted by Gasteiger charge is -2.57. The third kappa shape index (κ3) is 4.98. The van der Waals surface area contributed by atoms with E-state index in [9.17, 15) is 23.5 Å². The molecule has 2 amide bonds. The number of pyridine rings is 1. The Hall–Kier alpha value is -3.74. The Labute approximate surface area is 228 Å². The summed E-state index contributed by atoms with van der Waals surface area (Å²) >= 11 is 0. The van der Waals surface area contributed by atoms with E-state index in [2.05, 4.69) is 15.5 Å². The predicted octanol–water partition coefficient (Wildman–Crippen LogP) is 3.17. The Morgan fingerprint density at radius 3 is 2.58 bits per heavy atom. The normalized spacial score (nSPS) is 24.1. The highest BCUT2D eigenvalue weighted by Crippen LogP contribution is 2.57. The van der Waals surface area contributed by atoms with E-state index in [0.717, 1.165) is 37.6 Å². The zero-order chi connectivity index (χ0) is 28.4. The molecule has 0 saturated heterocycles. The molecule has 0 aromatic carbocycles. The molecule has 3 aromatic rings. The molecular weight excluding hydrogens is 526 g/mol. The highest BCUT2D eigenvalue weighted by molar-refractivity contribution is 6.01.